The number of aryl methyl sites for hydroxylation is 1. The van der Waals surface area contributed by atoms with Gasteiger partial charge in [-0.2, -0.15) is 0 Å². The number of benzene rings is 2. The predicted molar refractivity (Wildman–Crippen MR) is 93.9 cm³/mol. The Morgan fingerprint density at radius 3 is 2.43 bits per heavy atom. The molecule has 3 rings (SSSR count). The van der Waals surface area contributed by atoms with Crippen molar-refractivity contribution >= 4 is 17.1 Å². The summed E-state index contributed by atoms with van der Waals surface area (Å²) in [5, 5.41) is 3.10. The minimum Gasteiger partial charge on any atom is -0.397 e. The average Bonchev–Trinajstić information content (AvgIpc) is 2.85. The first-order valence-corrected chi connectivity index (χ1v) is 7.35. The number of aromatic nitrogens is 2. The minimum absolute atomic E-state index is 0.121. The monoisotopic (exact) mass is 306 g/mol. The predicted octanol–water partition coefficient (Wildman–Crippen LogP) is 3.20. The lowest BCUT2D eigenvalue weighted by Gasteiger charge is -2.02. The highest BCUT2D eigenvalue weighted by Crippen LogP contribution is 2.22. The van der Waals surface area contributed by atoms with Crippen LogP contribution in [-0.4, -0.2) is 15.5 Å². The normalized spacial score (nSPS) is 11.7. The Morgan fingerprint density at radius 1 is 1.09 bits per heavy atom. The van der Waals surface area contributed by atoms with Crippen molar-refractivity contribution in [3.63, 3.8) is 0 Å². The van der Waals surface area contributed by atoms with Crippen molar-refractivity contribution in [3.8, 4) is 5.69 Å². The molecule has 0 radical (unpaired) electrons. The van der Waals surface area contributed by atoms with Gasteiger partial charge in [-0.25, -0.2) is 4.68 Å². The Balaban J connectivity index is 2.09. The van der Waals surface area contributed by atoms with E-state index in [4.69, 9.17) is 5.73 Å². The van der Waals surface area contributed by atoms with Crippen LogP contribution in [0.15, 0.2) is 64.4 Å². The van der Waals surface area contributed by atoms with Crippen molar-refractivity contribution in [1.82, 2.24) is 9.78 Å². The maximum atomic E-state index is 12.7. The van der Waals surface area contributed by atoms with Crippen molar-refractivity contribution in [2.24, 2.45) is 4.99 Å². The Kier molecular flexibility index (Phi) is 3.85. The molecule has 5 nitrogen and oxygen atoms in total. The number of nitrogens with one attached hydrogen (secondary N) is 1. The van der Waals surface area contributed by atoms with Crippen LogP contribution in [0.4, 0.5) is 11.4 Å². The highest BCUT2D eigenvalue weighted by molar-refractivity contribution is 6.01. The molecule has 0 unspecified atom stereocenters. The summed E-state index contributed by atoms with van der Waals surface area (Å²) < 4.78 is 1.53. The molecule has 3 N–H and O–H groups in total. The zero-order valence-electron chi connectivity index (χ0n) is 13.1. The van der Waals surface area contributed by atoms with E-state index in [1.165, 1.54) is 4.68 Å². The number of aromatic amines is 1. The zero-order chi connectivity index (χ0) is 16.4. The van der Waals surface area contributed by atoms with Crippen molar-refractivity contribution in [1.29, 1.82) is 0 Å². The summed E-state index contributed by atoms with van der Waals surface area (Å²) in [5.41, 5.74) is 9.82. The van der Waals surface area contributed by atoms with Gasteiger partial charge in [0, 0.05) is 5.69 Å². The SMILES string of the molecule is CC(=Nc1ccccc1N)c1c(C)[nH]n(-c2ccccc2)c1=O. The maximum Gasteiger partial charge on any atom is 0.280 e. The Labute approximate surface area is 134 Å². The number of hydrogen-bond acceptors (Lipinski definition) is 3. The summed E-state index contributed by atoms with van der Waals surface area (Å²) in [5.74, 6) is 0. The van der Waals surface area contributed by atoms with E-state index in [1.54, 1.807) is 6.07 Å². The fraction of sp³-hybridized carbons (Fsp3) is 0.111. The number of aliphatic imine (C=N–C) groups is 1. The molecule has 3 aromatic rings. The molecular weight excluding hydrogens is 288 g/mol. The van der Waals surface area contributed by atoms with Crippen molar-refractivity contribution in [2.45, 2.75) is 13.8 Å². The molecular formula is C18H18N4O. The number of para-hydroxylation sites is 3. The number of nitrogens with two attached hydrogens (primary N) is 1. The molecule has 1 heterocycles. The molecule has 0 bridgehead atoms. The third-order valence-electron chi connectivity index (χ3n) is 3.67. The minimum atomic E-state index is -0.121. The number of H-pyrrole nitrogens is 1. The standard InChI is InChI=1S/C18H18N4O/c1-12(20-16-11-7-6-10-15(16)19)17-13(2)21-22(18(17)23)14-8-4-3-5-9-14/h3-11,21H,19H2,1-2H3. The van der Waals surface area contributed by atoms with Gasteiger partial charge in [0.15, 0.2) is 0 Å². The van der Waals surface area contributed by atoms with E-state index in [-0.39, 0.29) is 5.56 Å². The van der Waals surface area contributed by atoms with Crippen LogP contribution in [0.25, 0.3) is 5.69 Å². The molecule has 0 aliphatic carbocycles. The van der Waals surface area contributed by atoms with Crippen LogP contribution in [0.2, 0.25) is 0 Å². The van der Waals surface area contributed by atoms with Crippen LogP contribution in [0.1, 0.15) is 18.2 Å². The number of nitrogen functional groups attached to an aromatic ring is 1. The highest BCUT2D eigenvalue weighted by Gasteiger charge is 2.15. The van der Waals surface area contributed by atoms with Gasteiger partial charge in [0.2, 0.25) is 0 Å². The summed E-state index contributed by atoms with van der Waals surface area (Å²) in [7, 11) is 0. The molecule has 0 spiro atoms. The van der Waals surface area contributed by atoms with E-state index >= 15 is 0 Å². The third-order valence-corrected chi connectivity index (χ3v) is 3.67. The van der Waals surface area contributed by atoms with E-state index in [0.29, 0.717) is 22.6 Å². The molecule has 0 aliphatic heterocycles. The van der Waals surface area contributed by atoms with Gasteiger partial charge in [0.25, 0.3) is 5.56 Å². The first-order chi connectivity index (χ1) is 11.1. The van der Waals surface area contributed by atoms with Crippen molar-refractivity contribution in [3.05, 3.63) is 76.2 Å². The van der Waals surface area contributed by atoms with Gasteiger partial charge in [-0.1, -0.05) is 30.3 Å². The van der Waals surface area contributed by atoms with Gasteiger partial charge in [-0.05, 0) is 38.1 Å². The molecule has 0 saturated heterocycles. The lowest BCUT2D eigenvalue weighted by atomic mass is 10.1. The second kappa shape index (κ2) is 5.96. The first-order valence-electron chi connectivity index (χ1n) is 7.35. The number of anilines is 1. The molecule has 0 saturated carbocycles. The second-order valence-electron chi connectivity index (χ2n) is 5.34. The third kappa shape index (κ3) is 2.81. The van der Waals surface area contributed by atoms with Crippen LogP contribution < -0.4 is 11.3 Å². The molecule has 23 heavy (non-hydrogen) atoms. The van der Waals surface area contributed by atoms with Gasteiger partial charge >= 0.3 is 0 Å². The Bertz CT molecular complexity index is 920. The lowest BCUT2D eigenvalue weighted by molar-refractivity contribution is 0.835. The Morgan fingerprint density at radius 2 is 1.74 bits per heavy atom. The summed E-state index contributed by atoms with van der Waals surface area (Å²) in [6.07, 6.45) is 0. The summed E-state index contributed by atoms with van der Waals surface area (Å²) in [6.45, 7) is 3.68. The van der Waals surface area contributed by atoms with E-state index < -0.39 is 0 Å². The van der Waals surface area contributed by atoms with Crippen molar-refractivity contribution in [2.75, 3.05) is 5.73 Å². The molecule has 116 valence electrons. The van der Waals surface area contributed by atoms with Crippen LogP contribution >= 0.6 is 0 Å². The molecule has 2 aromatic carbocycles. The van der Waals surface area contributed by atoms with E-state index in [0.717, 1.165) is 11.4 Å². The lowest BCUT2D eigenvalue weighted by Crippen LogP contribution is -2.19. The molecule has 5 heteroatoms. The van der Waals surface area contributed by atoms with E-state index in [2.05, 4.69) is 10.1 Å². The van der Waals surface area contributed by atoms with E-state index in [1.807, 2.05) is 62.4 Å². The van der Waals surface area contributed by atoms with Crippen molar-refractivity contribution < 1.29 is 0 Å². The van der Waals surface area contributed by atoms with Crippen LogP contribution in [-0.2, 0) is 0 Å². The second-order valence-corrected chi connectivity index (χ2v) is 5.34. The highest BCUT2D eigenvalue weighted by atomic mass is 16.1. The quantitative estimate of drug-likeness (QED) is 0.576. The number of hydrogen-bond donors (Lipinski definition) is 2. The van der Waals surface area contributed by atoms with E-state index in [9.17, 15) is 4.79 Å². The topological polar surface area (TPSA) is 76.2 Å². The number of rotatable bonds is 3. The molecule has 0 amide bonds. The summed E-state index contributed by atoms with van der Waals surface area (Å²) in [6, 6.07) is 16.8. The first kappa shape index (κ1) is 14.8. The van der Waals surface area contributed by atoms with Gasteiger partial charge in [-0.3, -0.25) is 14.9 Å². The summed E-state index contributed by atoms with van der Waals surface area (Å²) >= 11 is 0. The van der Waals surface area contributed by atoms with Crippen LogP contribution in [0, 0.1) is 6.92 Å². The van der Waals surface area contributed by atoms with Gasteiger partial charge in [0.1, 0.15) is 0 Å². The molecule has 0 fully saturated rings. The van der Waals surface area contributed by atoms with Crippen LogP contribution in [0.3, 0.4) is 0 Å². The maximum absolute atomic E-state index is 12.7. The number of nitrogens with zero attached hydrogens (tertiary/aromatic N) is 2. The van der Waals surface area contributed by atoms with Gasteiger partial charge < -0.3 is 5.73 Å². The fourth-order valence-corrected chi connectivity index (χ4v) is 2.56. The van der Waals surface area contributed by atoms with Crippen LogP contribution in [0.5, 0.6) is 0 Å². The zero-order valence-corrected chi connectivity index (χ0v) is 13.1. The Hall–Kier alpha value is -3.08. The molecule has 1 aromatic heterocycles. The molecule has 0 aliphatic rings. The fourth-order valence-electron chi connectivity index (χ4n) is 2.56. The van der Waals surface area contributed by atoms with Gasteiger partial charge in [0.05, 0.1) is 28.3 Å². The van der Waals surface area contributed by atoms with Gasteiger partial charge in [-0.15, -0.1) is 0 Å². The average molecular weight is 306 g/mol. The smallest absolute Gasteiger partial charge is 0.280 e. The largest absolute Gasteiger partial charge is 0.397 e. The molecule has 0 atom stereocenters. The summed E-state index contributed by atoms with van der Waals surface area (Å²) in [4.78, 5) is 17.2.